The van der Waals surface area contributed by atoms with Gasteiger partial charge in [0.05, 0.1) is 6.04 Å². The van der Waals surface area contributed by atoms with Gasteiger partial charge in [0.15, 0.2) is 0 Å². The van der Waals surface area contributed by atoms with Crippen LogP contribution in [0.5, 0.6) is 0 Å². The van der Waals surface area contributed by atoms with Crippen LogP contribution in [0.2, 0.25) is 0 Å². The van der Waals surface area contributed by atoms with E-state index >= 15 is 0 Å². The first-order valence-electron chi connectivity index (χ1n) is 9.59. The predicted molar refractivity (Wildman–Crippen MR) is 107 cm³/mol. The van der Waals surface area contributed by atoms with Gasteiger partial charge in [0.2, 0.25) is 11.8 Å². The number of carbonyl (C=O) groups is 3. The Kier molecular flexibility index (Phi) is 10.6. The molecular formula is C20H32N4O4. The van der Waals surface area contributed by atoms with Crippen LogP contribution in [0.4, 0.5) is 4.79 Å². The fourth-order valence-electron chi connectivity index (χ4n) is 2.37. The fraction of sp³-hybridized carbons (Fsp3) is 0.550. The Balaban J connectivity index is 2.30. The number of nitrogens with one attached hydrogen (secondary N) is 3. The summed E-state index contributed by atoms with van der Waals surface area (Å²) in [4.78, 5) is 35.7. The van der Waals surface area contributed by atoms with Gasteiger partial charge >= 0.3 is 6.09 Å². The quantitative estimate of drug-likeness (QED) is 0.423. The molecule has 0 unspecified atom stereocenters. The van der Waals surface area contributed by atoms with E-state index in [0.717, 1.165) is 12.0 Å². The average Bonchev–Trinajstić information content (AvgIpc) is 2.67. The number of ether oxygens (including phenoxy) is 1. The molecule has 1 aromatic carbocycles. The highest BCUT2D eigenvalue weighted by atomic mass is 16.5. The lowest BCUT2D eigenvalue weighted by atomic mass is 10.0. The Bertz CT molecular complexity index is 620. The number of hydrogen-bond acceptors (Lipinski definition) is 5. The van der Waals surface area contributed by atoms with Gasteiger partial charge in [0, 0.05) is 13.1 Å². The minimum absolute atomic E-state index is 0.0883. The summed E-state index contributed by atoms with van der Waals surface area (Å²) < 4.78 is 5.18. The van der Waals surface area contributed by atoms with Crippen molar-refractivity contribution in [3.8, 4) is 0 Å². The lowest BCUT2D eigenvalue weighted by molar-refractivity contribution is -0.124. The fourth-order valence-corrected chi connectivity index (χ4v) is 2.37. The summed E-state index contributed by atoms with van der Waals surface area (Å²) in [6.07, 6.45) is 0.794. The lowest BCUT2D eigenvalue weighted by Gasteiger charge is -2.21. The van der Waals surface area contributed by atoms with Gasteiger partial charge in [-0.25, -0.2) is 4.79 Å². The zero-order valence-electron chi connectivity index (χ0n) is 16.9. The molecule has 0 radical (unpaired) electrons. The van der Waals surface area contributed by atoms with E-state index < -0.39 is 18.2 Å². The second kappa shape index (κ2) is 12.7. The molecule has 0 aliphatic rings. The van der Waals surface area contributed by atoms with Crippen LogP contribution >= 0.6 is 0 Å². The summed E-state index contributed by atoms with van der Waals surface area (Å²) in [5, 5.41) is 8.14. The molecule has 156 valence electrons. The van der Waals surface area contributed by atoms with Gasteiger partial charge < -0.3 is 26.4 Å². The minimum Gasteiger partial charge on any atom is -0.445 e. The van der Waals surface area contributed by atoms with Gasteiger partial charge in [-0.15, -0.1) is 0 Å². The van der Waals surface area contributed by atoms with E-state index in [0.29, 0.717) is 19.5 Å². The molecule has 1 aromatic rings. The Morgan fingerprint density at radius 2 is 1.54 bits per heavy atom. The molecule has 0 saturated carbocycles. The maximum Gasteiger partial charge on any atom is 0.408 e. The van der Waals surface area contributed by atoms with Crippen LogP contribution in [0.3, 0.4) is 0 Å². The molecule has 8 nitrogen and oxygen atoms in total. The van der Waals surface area contributed by atoms with E-state index in [-0.39, 0.29) is 24.3 Å². The molecule has 0 bridgehead atoms. The third kappa shape index (κ3) is 9.36. The number of benzene rings is 1. The van der Waals surface area contributed by atoms with E-state index in [4.69, 9.17) is 10.5 Å². The maximum atomic E-state index is 12.4. The van der Waals surface area contributed by atoms with Crippen LogP contribution < -0.4 is 21.7 Å². The van der Waals surface area contributed by atoms with E-state index in [9.17, 15) is 14.4 Å². The number of rotatable bonds is 11. The standard InChI is InChI=1S/C20H32N4O4/c1-14(2)17(24-20(27)28-13-16-9-5-4-6-10-16)19(26)23-12-8-7-11-22-18(25)15(3)21/h4-6,9-10,14-15,17H,7-8,11-13,21H2,1-3H3,(H,22,25)(H,23,26)(H,24,27)/t15-,17-/m0/s1. The van der Waals surface area contributed by atoms with Crippen LogP contribution in [-0.2, 0) is 20.9 Å². The van der Waals surface area contributed by atoms with Gasteiger partial charge in [0.1, 0.15) is 12.6 Å². The van der Waals surface area contributed by atoms with Crippen LogP contribution in [-0.4, -0.2) is 43.1 Å². The predicted octanol–water partition coefficient (Wildman–Crippen LogP) is 1.30. The Labute approximate surface area is 166 Å². The first-order chi connectivity index (χ1) is 13.3. The van der Waals surface area contributed by atoms with E-state index in [2.05, 4.69) is 16.0 Å². The molecule has 1 rings (SSSR count). The molecule has 0 spiro atoms. The molecule has 2 atom stereocenters. The topological polar surface area (TPSA) is 123 Å². The van der Waals surface area contributed by atoms with E-state index in [1.807, 2.05) is 44.2 Å². The number of carbonyl (C=O) groups excluding carboxylic acids is 3. The summed E-state index contributed by atoms with van der Waals surface area (Å²) in [5.74, 6) is -0.539. The Hall–Kier alpha value is -2.61. The monoisotopic (exact) mass is 392 g/mol. The molecule has 3 amide bonds. The second-order valence-corrected chi connectivity index (χ2v) is 7.01. The average molecular weight is 393 g/mol. The highest BCUT2D eigenvalue weighted by Crippen LogP contribution is 2.05. The van der Waals surface area contributed by atoms with Crippen molar-refractivity contribution in [1.29, 1.82) is 0 Å². The van der Waals surface area contributed by atoms with Crippen molar-refractivity contribution in [2.45, 2.75) is 52.3 Å². The van der Waals surface area contributed by atoms with E-state index in [1.54, 1.807) is 6.92 Å². The summed E-state index contributed by atoms with van der Waals surface area (Å²) in [6.45, 7) is 6.44. The molecule has 0 aromatic heterocycles. The van der Waals surface area contributed by atoms with Crippen LogP contribution in [0.15, 0.2) is 30.3 Å². The molecule has 5 N–H and O–H groups in total. The summed E-state index contributed by atoms with van der Waals surface area (Å²) >= 11 is 0. The summed E-state index contributed by atoms with van der Waals surface area (Å²) in [6, 6.07) is 8.12. The van der Waals surface area contributed by atoms with Gasteiger partial charge in [0.25, 0.3) is 0 Å². The maximum absolute atomic E-state index is 12.4. The van der Waals surface area contributed by atoms with Gasteiger partial charge in [-0.3, -0.25) is 9.59 Å². The molecule has 0 saturated heterocycles. The number of unbranched alkanes of at least 4 members (excludes halogenated alkanes) is 1. The van der Waals surface area contributed by atoms with Crippen molar-refractivity contribution in [2.75, 3.05) is 13.1 Å². The summed E-state index contributed by atoms with van der Waals surface area (Å²) in [5.41, 5.74) is 6.33. The largest absolute Gasteiger partial charge is 0.445 e. The third-order valence-electron chi connectivity index (χ3n) is 4.05. The van der Waals surface area contributed by atoms with Gasteiger partial charge in [-0.1, -0.05) is 44.2 Å². The first kappa shape index (κ1) is 23.4. The van der Waals surface area contributed by atoms with Crippen LogP contribution in [0.25, 0.3) is 0 Å². The minimum atomic E-state index is -0.680. The third-order valence-corrected chi connectivity index (χ3v) is 4.05. The highest BCUT2D eigenvalue weighted by molar-refractivity contribution is 5.85. The number of nitrogens with two attached hydrogens (primary N) is 1. The molecule has 0 aliphatic carbocycles. The zero-order valence-corrected chi connectivity index (χ0v) is 16.9. The van der Waals surface area contributed by atoms with Gasteiger partial charge in [-0.05, 0) is 31.2 Å². The molecular weight excluding hydrogens is 360 g/mol. The molecule has 8 heteroatoms. The highest BCUT2D eigenvalue weighted by Gasteiger charge is 2.24. The van der Waals surface area contributed by atoms with Crippen molar-refractivity contribution in [2.24, 2.45) is 11.7 Å². The van der Waals surface area contributed by atoms with Crippen molar-refractivity contribution in [1.82, 2.24) is 16.0 Å². The second-order valence-electron chi connectivity index (χ2n) is 7.01. The molecule has 0 heterocycles. The molecule has 28 heavy (non-hydrogen) atoms. The number of alkyl carbamates (subject to hydrolysis) is 1. The van der Waals surface area contributed by atoms with Crippen molar-refractivity contribution >= 4 is 17.9 Å². The van der Waals surface area contributed by atoms with Gasteiger partial charge in [-0.2, -0.15) is 0 Å². The first-order valence-corrected chi connectivity index (χ1v) is 9.59. The number of amides is 3. The Morgan fingerprint density at radius 1 is 0.964 bits per heavy atom. The smallest absolute Gasteiger partial charge is 0.408 e. The van der Waals surface area contributed by atoms with Crippen molar-refractivity contribution < 1.29 is 19.1 Å². The number of hydrogen-bond donors (Lipinski definition) is 4. The zero-order chi connectivity index (χ0) is 20.9. The van der Waals surface area contributed by atoms with Crippen molar-refractivity contribution in [3.05, 3.63) is 35.9 Å². The Morgan fingerprint density at radius 3 is 2.07 bits per heavy atom. The normalized spacial score (nSPS) is 12.8. The van der Waals surface area contributed by atoms with Crippen LogP contribution in [0, 0.1) is 5.92 Å². The summed E-state index contributed by atoms with van der Waals surface area (Å²) in [7, 11) is 0. The molecule has 0 aliphatic heterocycles. The SMILES string of the molecule is CC(C)[C@H](NC(=O)OCc1ccccc1)C(=O)NCCCCNC(=O)[C@H](C)N. The molecule has 0 fully saturated rings. The lowest BCUT2D eigenvalue weighted by Crippen LogP contribution is -2.50. The van der Waals surface area contributed by atoms with Crippen molar-refractivity contribution in [3.63, 3.8) is 0 Å². The van der Waals surface area contributed by atoms with Crippen LogP contribution in [0.1, 0.15) is 39.2 Å². The van der Waals surface area contributed by atoms with E-state index in [1.165, 1.54) is 0 Å².